The highest BCUT2D eigenvalue weighted by molar-refractivity contribution is 5.75. The lowest BCUT2D eigenvalue weighted by atomic mass is 10.1. The number of nitrogens with zero attached hydrogens (tertiary/aromatic N) is 3. The molecule has 2 aromatic rings. The maximum atomic E-state index is 6.01. The molecule has 2 heterocycles. The van der Waals surface area contributed by atoms with Crippen molar-refractivity contribution in [3.05, 3.63) is 24.4 Å². The summed E-state index contributed by atoms with van der Waals surface area (Å²) in [5.74, 6) is 2.11. The molecule has 1 saturated heterocycles. The van der Waals surface area contributed by atoms with Gasteiger partial charge in [-0.15, -0.1) is 0 Å². The number of likely N-dealkylation sites (tertiary alicyclic amines) is 1. The van der Waals surface area contributed by atoms with Gasteiger partial charge in [-0.25, -0.2) is 0 Å². The molecule has 1 aliphatic rings. The van der Waals surface area contributed by atoms with Gasteiger partial charge in [-0.05, 0) is 24.7 Å². The zero-order valence-electron chi connectivity index (χ0n) is 12.5. The van der Waals surface area contributed by atoms with Crippen LogP contribution >= 0.6 is 0 Å². The summed E-state index contributed by atoms with van der Waals surface area (Å²) in [5.41, 5.74) is 7.88. The van der Waals surface area contributed by atoms with Gasteiger partial charge in [0.05, 0.1) is 13.3 Å². The number of rotatable bonds is 4. The van der Waals surface area contributed by atoms with Crippen molar-refractivity contribution in [2.75, 3.05) is 33.0 Å². The summed E-state index contributed by atoms with van der Waals surface area (Å²) in [6.45, 7) is 1.89. The number of nitrogen functional groups attached to an aromatic ring is 1. The smallest absolute Gasteiger partial charge is 0.161 e. The van der Waals surface area contributed by atoms with Crippen LogP contribution in [0.1, 0.15) is 0 Å². The highest BCUT2D eigenvalue weighted by atomic mass is 16.5. The third-order valence-electron chi connectivity index (χ3n) is 3.78. The summed E-state index contributed by atoms with van der Waals surface area (Å²) >= 11 is 0. The van der Waals surface area contributed by atoms with Crippen LogP contribution in [0.25, 0.3) is 11.1 Å². The Bertz CT molecular complexity index is 647. The van der Waals surface area contributed by atoms with Gasteiger partial charge in [0.2, 0.25) is 0 Å². The number of anilines is 1. The van der Waals surface area contributed by atoms with E-state index in [1.165, 1.54) is 0 Å². The van der Waals surface area contributed by atoms with Crippen LogP contribution in [0.2, 0.25) is 0 Å². The first-order valence-electron chi connectivity index (χ1n) is 6.89. The number of hydrogen-bond donors (Lipinski definition) is 1. The minimum atomic E-state index is 0.234. The van der Waals surface area contributed by atoms with E-state index in [0.29, 0.717) is 11.6 Å². The van der Waals surface area contributed by atoms with Gasteiger partial charge >= 0.3 is 0 Å². The first-order valence-corrected chi connectivity index (χ1v) is 6.89. The third kappa shape index (κ3) is 2.54. The fourth-order valence-electron chi connectivity index (χ4n) is 2.50. The van der Waals surface area contributed by atoms with Gasteiger partial charge in [0, 0.05) is 25.7 Å². The highest BCUT2D eigenvalue weighted by Gasteiger charge is 2.26. The Morgan fingerprint density at radius 2 is 2.00 bits per heavy atom. The summed E-state index contributed by atoms with van der Waals surface area (Å²) in [4.78, 5) is 2.21. The SMILES string of the molecule is COc1cc(-c2cnn(C)c2N)ccc1OC1CN(C)C1. The second-order valence-corrected chi connectivity index (χ2v) is 5.39. The molecule has 6 heteroatoms. The number of aryl methyl sites for hydroxylation is 1. The van der Waals surface area contributed by atoms with Gasteiger partial charge < -0.3 is 15.2 Å². The van der Waals surface area contributed by atoms with Crippen LogP contribution < -0.4 is 15.2 Å². The second-order valence-electron chi connectivity index (χ2n) is 5.39. The van der Waals surface area contributed by atoms with Gasteiger partial charge in [0.15, 0.2) is 11.5 Å². The van der Waals surface area contributed by atoms with Crippen molar-refractivity contribution in [3.63, 3.8) is 0 Å². The number of ether oxygens (including phenoxy) is 2. The molecule has 3 rings (SSSR count). The average molecular weight is 288 g/mol. The fraction of sp³-hybridized carbons (Fsp3) is 0.400. The first-order chi connectivity index (χ1) is 10.1. The van der Waals surface area contributed by atoms with Crippen LogP contribution in [0, 0.1) is 0 Å². The topological polar surface area (TPSA) is 65.5 Å². The van der Waals surface area contributed by atoms with Crippen LogP contribution in [0.5, 0.6) is 11.5 Å². The molecule has 1 aromatic carbocycles. The molecule has 2 N–H and O–H groups in total. The molecule has 1 fully saturated rings. The van der Waals surface area contributed by atoms with E-state index in [1.807, 2.05) is 25.2 Å². The van der Waals surface area contributed by atoms with E-state index in [2.05, 4.69) is 17.0 Å². The predicted molar refractivity (Wildman–Crippen MR) is 81.5 cm³/mol. The normalized spacial score (nSPS) is 15.8. The molecule has 0 amide bonds. The van der Waals surface area contributed by atoms with Crippen molar-refractivity contribution in [3.8, 4) is 22.6 Å². The largest absolute Gasteiger partial charge is 0.493 e. The number of nitrogens with two attached hydrogens (primary N) is 1. The molecule has 0 saturated carbocycles. The molecule has 0 spiro atoms. The summed E-state index contributed by atoms with van der Waals surface area (Å²) in [7, 11) is 5.54. The molecule has 6 nitrogen and oxygen atoms in total. The average Bonchev–Trinajstić information content (AvgIpc) is 2.78. The minimum absolute atomic E-state index is 0.234. The Balaban J connectivity index is 1.86. The van der Waals surface area contributed by atoms with E-state index >= 15 is 0 Å². The Morgan fingerprint density at radius 1 is 1.24 bits per heavy atom. The lowest BCUT2D eigenvalue weighted by Crippen LogP contribution is -2.51. The van der Waals surface area contributed by atoms with E-state index in [1.54, 1.807) is 18.0 Å². The standard InChI is InChI=1S/C15H20N4O2/c1-18-8-11(9-18)21-13-5-4-10(6-14(13)20-3)12-7-17-19(2)15(12)16/h4-7,11H,8-9,16H2,1-3H3. The minimum Gasteiger partial charge on any atom is -0.493 e. The van der Waals surface area contributed by atoms with Crippen molar-refractivity contribution in [1.82, 2.24) is 14.7 Å². The Labute approximate surface area is 124 Å². The molecule has 0 radical (unpaired) electrons. The second kappa shape index (κ2) is 5.29. The van der Waals surface area contributed by atoms with Crippen LogP contribution in [-0.4, -0.2) is 48.0 Å². The number of benzene rings is 1. The van der Waals surface area contributed by atoms with Crippen LogP contribution in [0.3, 0.4) is 0 Å². The van der Waals surface area contributed by atoms with Crippen LogP contribution in [0.15, 0.2) is 24.4 Å². The van der Waals surface area contributed by atoms with Gasteiger partial charge in [-0.3, -0.25) is 9.58 Å². The monoisotopic (exact) mass is 288 g/mol. The highest BCUT2D eigenvalue weighted by Crippen LogP contribution is 2.35. The molecule has 0 atom stereocenters. The lowest BCUT2D eigenvalue weighted by molar-refractivity contribution is 0.0370. The molecule has 1 aromatic heterocycles. The van der Waals surface area contributed by atoms with Gasteiger partial charge in [-0.2, -0.15) is 5.10 Å². The molecule has 0 unspecified atom stereocenters. The number of likely N-dealkylation sites (N-methyl/N-ethyl adjacent to an activating group) is 1. The fourth-order valence-corrected chi connectivity index (χ4v) is 2.50. The summed E-state index contributed by atoms with van der Waals surface area (Å²) in [6.07, 6.45) is 1.99. The van der Waals surface area contributed by atoms with Crippen molar-refractivity contribution >= 4 is 5.82 Å². The molecule has 0 aliphatic carbocycles. The van der Waals surface area contributed by atoms with Crippen LogP contribution in [0.4, 0.5) is 5.82 Å². The molecular formula is C15H20N4O2. The van der Waals surface area contributed by atoms with Crippen molar-refractivity contribution in [2.24, 2.45) is 7.05 Å². The Hall–Kier alpha value is -2.21. The molecule has 0 bridgehead atoms. The maximum Gasteiger partial charge on any atom is 0.161 e. The predicted octanol–water partition coefficient (Wildman–Crippen LogP) is 1.37. The lowest BCUT2D eigenvalue weighted by Gasteiger charge is -2.36. The zero-order valence-corrected chi connectivity index (χ0v) is 12.5. The van der Waals surface area contributed by atoms with E-state index < -0.39 is 0 Å². The van der Waals surface area contributed by atoms with E-state index in [4.69, 9.17) is 15.2 Å². The maximum absolute atomic E-state index is 6.01. The van der Waals surface area contributed by atoms with Crippen LogP contribution in [-0.2, 0) is 7.05 Å². The number of hydrogen-bond acceptors (Lipinski definition) is 5. The summed E-state index contributed by atoms with van der Waals surface area (Å²) in [5, 5.41) is 4.16. The first kappa shape index (κ1) is 13.8. The third-order valence-corrected chi connectivity index (χ3v) is 3.78. The molecule has 112 valence electrons. The van der Waals surface area contributed by atoms with Gasteiger partial charge in [0.1, 0.15) is 11.9 Å². The zero-order chi connectivity index (χ0) is 15.0. The summed E-state index contributed by atoms with van der Waals surface area (Å²) in [6, 6.07) is 5.84. The van der Waals surface area contributed by atoms with Crippen molar-refractivity contribution < 1.29 is 9.47 Å². The number of aromatic nitrogens is 2. The Morgan fingerprint density at radius 3 is 2.57 bits per heavy atom. The van der Waals surface area contributed by atoms with Crippen molar-refractivity contribution in [1.29, 1.82) is 0 Å². The van der Waals surface area contributed by atoms with E-state index in [0.717, 1.165) is 30.0 Å². The van der Waals surface area contributed by atoms with Gasteiger partial charge in [0.25, 0.3) is 0 Å². The number of methoxy groups -OCH3 is 1. The van der Waals surface area contributed by atoms with E-state index in [-0.39, 0.29) is 6.10 Å². The molecule has 1 aliphatic heterocycles. The van der Waals surface area contributed by atoms with Gasteiger partial charge in [-0.1, -0.05) is 6.07 Å². The van der Waals surface area contributed by atoms with Crippen molar-refractivity contribution in [2.45, 2.75) is 6.10 Å². The Kier molecular flexibility index (Phi) is 3.47. The molecular weight excluding hydrogens is 268 g/mol. The van der Waals surface area contributed by atoms with E-state index in [9.17, 15) is 0 Å². The summed E-state index contributed by atoms with van der Waals surface area (Å²) < 4.78 is 13.0. The quantitative estimate of drug-likeness (QED) is 0.920. The molecule has 21 heavy (non-hydrogen) atoms.